The molecule has 0 aliphatic carbocycles. The van der Waals surface area contributed by atoms with Crippen molar-refractivity contribution < 1.29 is 0 Å². The van der Waals surface area contributed by atoms with Crippen LogP contribution in [0, 0.1) is 41.5 Å². The van der Waals surface area contributed by atoms with E-state index in [4.69, 9.17) is 4.98 Å². The lowest BCUT2D eigenvalue weighted by atomic mass is 10.1. The van der Waals surface area contributed by atoms with Gasteiger partial charge in [0.15, 0.2) is 11.2 Å². The number of anilines is 2. The standard InChI is InChI=1S/C25H30N6/c1-15-11-18(4)24(19(5)12-15)31-25-23(29-30-31)22(14-20(6)28-25)27-10-9-26-21-8-7-16(2)17(3)13-21/h7-8,11-14,26H,9-10H2,1-6H3,(H,27,28). The molecule has 4 aromatic rings. The molecule has 0 saturated heterocycles. The third-order valence-corrected chi connectivity index (χ3v) is 5.66. The number of rotatable bonds is 6. The van der Waals surface area contributed by atoms with Crippen LogP contribution in [0.2, 0.25) is 0 Å². The summed E-state index contributed by atoms with van der Waals surface area (Å²) >= 11 is 0. The van der Waals surface area contributed by atoms with Crippen molar-refractivity contribution in [2.24, 2.45) is 0 Å². The van der Waals surface area contributed by atoms with Gasteiger partial charge in [-0.25, -0.2) is 4.98 Å². The zero-order valence-corrected chi connectivity index (χ0v) is 19.2. The van der Waals surface area contributed by atoms with E-state index in [-0.39, 0.29) is 0 Å². The highest BCUT2D eigenvalue weighted by molar-refractivity contribution is 5.86. The van der Waals surface area contributed by atoms with Crippen molar-refractivity contribution in [1.82, 2.24) is 20.0 Å². The summed E-state index contributed by atoms with van der Waals surface area (Å²) in [4.78, 5) is 4.75. The summed E-state index contributed by atoms with van der Waals surface area (Å²) in [5.41, 5.74) is 11.8. The molecule has 6 heteroatoms. The molecule has 0 unspecified atom stereocenters. The molecular formula is C25H30N6. The highest BCUT2D eigenvalue weighted by atomic mass is 15.4. The normalized spacial score (nSPS) is 11.2. The molecule has 0 bridgehead atoms. The van der Waals surface area contributed by atoms with Crippen molar-refractivity contribution in [3.63, 3.8) is 0 Å². The Morgan fingerprint density at radius 2 is 1.48 bits per heavy atom. The van der Waals surface area contributed by atoms with E-state index in [2.05, 4.69) is 85.9 Å². The van der Waals surface area contributed by atoms with Crippen LogP contribution in [-0.2, 0) is 0 Å². The van der Waals surface area contributed by atoms with Crippen LogP contribution in [-0.4, -0.2) is 33.1 Å². The van der Waals surface area contributed by atoms with Crippen LogP contribution in [0.25, 0.3) is 16.9 Å². The zero-order valence-electron chi connectivity index (χ0n) is 19.2. The number of hydrogen-bond donors (Lipinski definition) is 2. The average Bonchev–Trinajstić information content (AvgIpc) is 3.10. The van der Waals surface area contributed by atoms with Gasteiger partial charge in [-0.05, 0) is 82.0 Å². The van der Waals surface area contributed by atoms with Crippen molar-refractivity contribution in [3.05, 3.63) is 69.9 Å². The number of pyridine rings is 1. The van der Waals surface area contributed by atoms with Gasteiger partial charge >= 0.3 is 0 Å². The molecule has 0 aliphatic rings. The quantitative estimate of drug-likeness (QED) is 0.425. The second-order valence-corrected chi connectivity index (χ2v) is 8.38. The Hall–Kier alpha value is -3.41. The van der Waals surface area contributed by atoms with Gasteiger partial charge in [-0.3, -0.25) is 0 Å². The Labute approximate surface area is 183 Å². The van der Waals surface area contributed by atoms with Gasteiger partial charge < -0.3 is 10.6 Å². The monoisotopic (exact) mass is 414 g/mol. The average molecular weight is 415 g/mol. The summed E-state index contributed by atoms with van der Waals surface area (Å²) in [6, 6.07) is 12.8. The number of nitrogens with one attached hydrogen (secondary N) is 2. The predicted octanol–water partition coefficient (Wildman–Crippen LogP) is 5.19. The van der Waals surface area contributed by atoms with E-state index < -0.39 is 0 Å². The van der Waals surface area contributed by atoms with Crippen molar-refractivity contribution in [3.8, 4) is 5.69 Å². The molecule has 2 aromatic heterocycles. The van der Waals surface area contributed by atoms with Crippen molar-refractivity contribution in [2.45, 2.75) is 41.5 Å². The van der Waals surface area contributed by atoms with Crippen molar-refractivity contribution in [1.29, 1.82) is 0 Å². The van der Waals surface area contributed by atoms with Crippen LogP contribution in [0.4, 0.5) is 11.4 Å². The third-order valence-electron chi connectivity index (χ3n) is 5.66. The molecule has 0 fully saturated rings. The van der Waals surface area contributed by atoms with Crippen LogP contribution >= 0.6 is 0 Å². The largest absolute Gasteiger partial charge is 0.383 e. The molecular weight excluding hydrogens is 384 g/mol. The molecule has 0 aliphatic heterocycles. The Bertz CT molecular complexity index is 1230. The fraction of sp³-hybridized carbons (Fsp3) is 0.320. The van der Waals surface area contributed by atoms with E-state index in [9.17, 15) is 0 Å². The van der Waals surface area contributed by atoms with Crippen LogP contribution in [0.15, 0.2) is 36.4 Å². The van der Waals surface area contributed by atoms with Gasteiger partial charge in [0, 0.05) is 24.5 Å². The third kappa shape index (κ3) is 4.24. The molecule has 31 heavy (non-hydrogen) atoms. The summed E-state index contributed by atoms with van der Waals surface area (Å²) in [6.07, 6.45) is 0. The molecule has 0 amide bonds. The highest BCUT2D eigenvalue weighted by Crippen LogP contribution is 2.26. The summed E-state index contributed by atoms with van der Waals surface area (Å²) in [5, 5.41) is 15.9. The molecule has 0 atom stereocenters. The molecule has 0 radical (unpaired) electrons. The van der Waals surface area contributed by atoms with E-state index in [0.717, 1.165) is 47.0 Å². The minimum absolute atomic E-state index is 0.765. The van der Waals surface area contributed by atoms with E-state index in [1.807, 2.05) is 17.7 Å². The first-order chi connectivity index (χ1) is 14.8. The molecule has 0 spiro atoms. The van der Waals surface area contributed by atoms with E-state index in [0.29, 0.717) is 0 Å². The maximum atomic E-state index is 4.75. The first kappa shape index (κ1) is 20.8. The summed E-state index contributed by atoms with van der Waals surface area (Å²) < 4.78 is 1.87. The van der Waals surface area contributed by atoms with E-state index >= 15 is 0 Å². The van der Waals surface area contributed by atoms with Gasteiger partial charge in [0.1, 0.15) is 0 Å². The highest BCUT2D eigenvalue weighted by Gasteiger charge is 2.16. The number of hydrogen-bond acceptors (Lipinski definition) is 5. The predicted molar refractivity (Wildman–Crippen MR) is 129 cm³/mol. The maximum absolute atomic E-state index is 4.75. The van der Waals surface area contributed by atoms with Gasteiger partial charge in [-0.2, -0.15) is 4.68 Å². The second kappa shape index (κ2) is 8.38. The lowest BCUT2D eigenvalue weighted by Crippen LogP contribution is -2.14. The smallest absolute Gasteiger partial charge is 0.186 e. The van der Waals surface area contributed by atoms with Crippen LogP contribution < -0.4 is 10.6 Å². The lowest BCUT2D eigenvalue weighted by molar-refractivity contribution is 0.806. The van der Waals surface area contributed by atoms with Crippen LogP contribution in [0.3, 0.4) is 0 Å². The topological polar surface area (TPSA) is 67.7 Å². The minimum atomic E-state index is 0.765. The minimum Gasteiger partial charge on any atom is -0.383 e. The number of aryl methyl sites for hydroxylation is 6. The summed E-state index contributed by atoms with van der Waals surface area (Å²) in [5.74, 6) is 0. The molecule has 6 nitrogen and oxygen atoms in total. The van der Waals surface area contributed by atoms with Crippen LogP contribution in [0.1, 0.15) is 33.5 Å². The summed E-state index contributed by atoms with van der Waals surface area (Å²) in [7, 11) is 0. The van der Waals surface area contributed by atoms with Gasteiger partial charge in [0.25, 0.3) is 0 Å². The number of benzene rings is 2. The zero-order chi connectivity index (χ0) is 22.1. The molecule has 2 N–H and O–H groups in total. The molecule has 0 saturated carbocycles. The Balaban J connectivity index is 1.56. The van der Waals surface area contributed by atoms with E-state index in [1.165, 1.54) is 27.8 Å². The van der Waals surface area contributed by atoms with Gasteiger partial charge in [0.2, 0.25) is 0 Å². The molecule has 2 aromatic carbocycles. The van der Waals surface area contributed by atoms with Gasteiger partial charge in [-0.1, -0.05) is 29.0 Å². The SMILES string of the molecule is Cc1cc(C)c(-n2nnc3c(NCCNc4ccc(C)c(C)c4)cc(C)nc32)c(C)c1. The first-order valence-corrected chi connectivity index (χ1v) is 10.7. The Kier molecular flexibility index (Phi) is 5.63. The maximum Gasteiger partial charge on any atom is 0.186 e. The van der Waals surface area contributed by atoms with Gasteiger partial charge in [0.05, 0.1) is 11.4 Å². The number of aromatic nitrogens is 4. The first-order valence-electron chi connectivity index (χ1n) is 10.7. The number of fused-ring (bicyclic) bond motifs is 1. The molecule has 160 valence electrons. The fourth-order valence-corrected chi connectivity index (χ4v) is 4.08. The fourth-order valence-electron chi connectivity index (χ4n) is 4.08. The van der Waals surface area contributed by atoms with Crippen LogP contribution in [0.5, 0.6) is 0 Å². The summed E-state index contributed by atoms with van der Waals surface area (Å²) in [6.45, 7) is 14.2. The van der Waals surface area contributed by atoms with Gasteiger partial charge in [-0.15, -0.1) is 5.10 Å². The number of nitrogens with zero attached hydrogens (tertiary/aromatic N) is 4. The molecule has 4 rings (SSSR count). The van der Waals surface area contributed by atoms with Crippen molar-refractivity contribution >= 4 is 22.5 Å². The van der Waals surface area contributed by atoms with Crippen molar-refractivity contribution in [2.75, 3.05) is 23.7 Å². The molecule has 2 heterocycles. The lowest BCUT2D eigenvalue weighted by Gasteiger charge is -2.13. The van der Waals surface area contributed by atoms with E-state index in [1.54, 1.807) is 0 Å². The Morgan fingerprint density at radius 1 is 0.774 bits per heavy atom. The Morgan fingerprint density at radius 3 is 2.19 bits per heavy atom. The second-order valence-electron chi connectivity index (χ2n) is 8.38.